The standard InChI is InChI=1S/C16H19N3O4/c1-17-8-10-4-3-5-11(9-20)14(10)16(23)19(2)12-6-7-13(21)18-15(12)22/h3-5,9,12,17H,6-8H2,1-2H3,(H,18,21,22). The number of benzene rings is 1. The molecule has 1 unspecified atom stereocenters. The number of rotatable bonds is 5. The molecule has 1 atom stereocenters. The van der Waals surface area contributed by atoms with Crippen molar-refractivity contribution in [3.05, 3.63) is 34.9 Å². The van der Waals surface area contributed by atoms with Gasteiger partial charge in [-0.3, -0.25) is 24.5 Å². The van der Waals surface area contributed by atoms with Crippen LogP contribution < -0.4 is 10.6 Å². The van der Waals surface area contributed by atoms with Crippen molar-refractivity contribution in [3.8, 4) is 0 Å². The molecule has 1 aliphatic rings. The van der Waals surface area contributed by atoms with Gasteiger partial charge >= 0.3 is 0 Å². The van der Waals surface area contributed by atoms with Gasteiger partial charge in [0, 0.05) is 25.6 Å². The normalized spacial score (nSPS) is 17.6. The van der Waals surface area contributed by atoms with Crippen molar-refractivity contribution in [3.63, 3.8) is 0 Å². The van der Waals surface area contributed by atoms with Crippen LogP contribution in [0.2, 0.25) is 0 Å². The Kier molecular flexibility index (Phi) is 5.23. The van der Waals surface area contributed by atoms with E-state index in [1.807, 2.05) is 0 Å². The molecule has 2 rings (SSSR count). The Morgan fingerprint density at radius 3 is 2.78 bits per heavy atom. The Balaban J connectivity index is 2.34. The molecule has 23 heavy (non-hydrogen) atoms. The van der Waals surface area contributed by atoms with Gasteiger partial charge in [0.25, 0.3) is 5.91 Å². The Morgan fingerprint density at radius 1 is 1.43 bits per heavy atom. The molecule has 0 spiro atoms. The van der Waals surface area contributed by atoms with Crippen molar-refractivity contribution in [2.24, 2.45) is 0 Å². The molecule has 7 nitrogen and oxygen atoms in total. The average molecular weight is 317 g/mol. The van der Waals surface area contributed by atoms with Gasteiger partial charge < -0.3 is 10.2 Å². The first-order valence-electron chi connectivity index (χ1n) is 7.32. The SMILES string of the molecule is CNCc1cccc(C=O)c1C(=O)N(C)C1CCC(=O)NC1=O. The van der Waals surface area contributed by atoms with Gasteiger partial charge in [-0.1, -0.05) is 18.2 Å². The number of hydrogen-bond acceptors (Lipinski definition) is 5. The highest BCUT2D eigenvalue weighted by atomic mass is 16.2. The molecule has 1 aromatic rings. The van der Waals surface area contributed by atoms with E-state index >= 15 is 0 Å². The molecule has 1 aromatic carbocycles. The lowest BCUT2D eigenvalue weighted by Gasteiger charge is -2.30. The molecule has 1 aliphatic heterocycles. The van der Waals surface area contributed by atoms with E-state index in [0.717, 1.165) is 0 Å². The highest BCUT2D eigenvalue weighted by Crippen LogP contribution is 2.19. The highest BCUT2D eigenvalue weighted by Gasteiger charge is 2.33. The van der Waals surface area contributed by atoms with Crippen LogP contribution in [0.3, 0.4) is 0 Å². The first-order chi connectivity index (χ1) is 11.0. The zero-order valence-corrected chi connectivity index (χ0v) is 13.1. The molecular weight excluding hydrogens is 298 g/mol. The topological polar surface area (TPSA) is 95.6 Å². The Morgan fingerprint density at radius 2 is 2.17 bits per heavy atom. The van der Waals surface area contributed by atoms with Gasteiger partial charge in [0.1, 0.15) is 6.04 Å². The van der Waals surface area contributed by atoms with Gasteiger partial charge in [0.05, 0.1) is 5.56 Å². The summed E-state index contributed by atoms with van der Waals surface area (Å²) in [6, 6.07) is 4.31. The van der Waals surface area contributed by atoms with Crippen molar-refractivity contribution in [1.29, 1.82) is 0 Å². The summed E-state index contributed by atoms with van der Waals surface area (Å²) in [6.45, 7) is 0.423. The second kappa shape index (κ2) is 7.15. The van der Waals surface area contributed by atoms with E-state index in [4.69, 9.17) is 0 Å². The van der Waals surface area contributed by atoms with E-state index in [2.05, 4.69) is 10.6 Å². The van der Waals surface area contributed by atoms with Gasteiger partial charge in [-0.05, 0) is 19.0 Å². The van der Waals surface area contributed by atoms with Crippen LogP contribution in [0.15, 0.2) is 18.2 Å². The smallest absolute Gasteiger partial charge is 0.255 e. The number of likely N-dealkylation sites (N-methyl/N-ethyl adjacent to an activating group) is 1. The van der Waals surface area contributed by atoms with E-state index in [9.17, 15) is 19.2 Å². The number of carbonyl (C=O) groups excluding carboxylic acids is 4. The molecule has 3 amide bonds. The summed E-state index contributed by atoms with van der Waals surface area (Å²) in [5.41, 5.74) is 1.24. The van der Waals surface area contributed by atoms with E-state index in [-0.39, 0.29) is 29.9 Å². The molecule has 0 saturated carbocycles. The van der Waals surface area contributed by atoms with Gasteiger partial charge in [0.15, 0.2) is 6.29 Å². The first-order valence-corrected chi connectivity index (χ1v) is 7.32. The van der Waals surface area contributed by atoms with Crippen LogP contribution in [0.4, 0.5) is 0 Å². The zero-order valence-electron chi connectivity index (χ0n) is 13.1. The Bertz CT molecular complexity index is 657. The number of aldehydes is 1. The van der Waals surface area contributed by atoms with Crippen LogP contribution in [0.25, 0.3) is 0 Å². The molecule has 0 aromatic heterocycles. The van der Waals surface area contributed by atoms with Crippen LogP contribution >= 0.6 is 0 Å². The van der Waals surface area contributed by atoms with Crippen LogP contribution in [0, 0.1) is 0 Å². The summed E-state index contributed by atoms with van der Waals surface area (Å²) in [4.78, 5) is 48.6. The van der Waals surface area contributed by atoms with Crippen molar-refractivity contribution >= 4 is 24.0 Å². The third-order valence-corrected chi connectivity index (χ3v) is 3.89. The maximum atomic E-state index is 12.8. The monoisotopic (exact) mass is 317 g/mol. The fraction of sp³-hybridized carbons (Fsp3) is 0.375. The molecule has 2 N–H and O–H groups in total. The number of imide groups is 1. The van der Waals surface area contributed by atoms with Crippen LogP contribution in [0.5, 0.6) is 0 Å². The fourth-order valence-electron chi connectivity index (χ4n) is 2.69. The summed E-state index contributed by atoms with van der Waals surface area (Å²) in [6.07, 6.45) is 1.09. The minimum absolute atomic E-state index is 0.187. The molecule has 7 heteroatoms. The number of piperidine rings is 1. The highest BCUT2D eigenvalue weighted by molar-refractivity contribution is 6.06. The molecule has 0 aliphatic carbocycles. The number of carbonyl (C=O) groups is 4. The molecule has 0 radical (unpaired) electrons. The molecule has 1 saturated heterocycles. The lowest BCUT2D eigenvalue weighted by Crippen LogP contribution is -2.53. The van der Waals surface area contributed by atoms with Crippen molar-refractivity contribution in [2.75, 3.05) is 14.1 Å². The zero-order chi connectivity index (χ0) is 17.0. The Labute approximate surface area is 134 Å². The minimum atomic E-state index is -0.720. The summed E-state index contributed by atoms with van der Waals surface area (Å²) < 4.78 is 0. The first kappa shape index (κ1) is 16.8. The minimum Gasteiger partial charge on any atom is -0.330 e. The van der Waals surface area contributed by atoms with E-state index < -0.39 is 17.9 Å². The maximum absolute atomic E-state index is 12.8. The predicted molar refractivity (Wildman–Crippen MR) is 82.9 cm³/mol. The average Bonchev–Trinajstić information content (AvgIpc) is 2.53. The second-order valence-corrected chi connectivity index (χ2v) is 5.41. The van der Waals surface area contributed by atoms with E-state index in [1.54, 1.807) is 25.2 Å². The Hall–Kier alpha value is -2.54. The van der Waals surface area contributed by atoms with Gasteiger partial charge in [-0.15, -0.1) is 0 Å². The van der Waals surface area contributed by atoms with Gasteiger partial charge in [-0.2, -0.15) is 0 Å². The summed E-state index contributed by atoms with van der Waals surface area (Å²) >= 11 is 0. The van der Waals surface area contributed by atoms with Crippen LogP contribution in [-0.2, 0) is 16.1 Å². The largest absolute Gasteiger partial charge is 0.330 e. The third kappa shape index (κ3) is 3.45. The molecule has 0 bridgehead atoms. The molecule has 1 heterocycles. The molecule has 122 valence electrons. The van der Waals surface area contributed by atoms with Gasteiger partial charge in [0.2, 0.25) is 11.8 Å². The summed E-state index contributed by atoms with van der Waals surface area (Å²) in [5, 5.41) is 5.18. The van der Waals surface area contributed by atoms with Crippen LogP contribution in [-0.4, -0.2) is 49.0 Å². The van der Waals surface area contributed by atoms with E-state index in [0.29, 0.717) is 18.4 Å². The number of nitrogens with one attached hydrogen (secondary N) is 2. The number of amides is 3. The van der Waals surface area contributed by atoms with Crippen LogP contribution in [0.1, 0.15) is 39.1 Å². The van der Waals surface area contributed by atoms with Crippen molar-refractivity contribution < 1.29 is 19.2 Å². The van der Waals surface area contributed by atoms with Crippen molar-refractivity contribution in [1.82, 2.24) is 15.5 Å². The lowest BCUT2D eigenvalue weighted by atomic mass is 9.98. The third-order valence-electron chi connectivity index (χ3n) is 3.89. The maximum Gasteiger partial charge on any atom is 0.255 e. The van der Waals surface area contributed by atoms with Crippen molar-refractivity contribution in [2.45, 2.75) is 25.4 Å². The predicted octanol–water partition coefficient (Wildman–Crippen LogP) is 0.0957. The van der Waals surface area contributed by atoms with Gasteiger partial charge in [-0.25, -0.2) is 0 Å². The fourth-order valence-corrected chi connectivity index (χ4v) is 2.69. The number of nitrogens with zero attached hydrogens (tertiary/aromatic N) is 1. The second-order valence-electron chi connectivity index (χ2n) is 5.41. The summed E-state index contributed by atoms with van der Waals surface area (Å²) in [5.74, 6) is -1.24. The molecule has 1 fully saturated rings. The quantitative estimate of drug-likeness (QED) is 0.593. The lowest BCUT2D eigenvalue weighted by molar-refractivity contribution is -0.136. The number of hydrogen-bond donors (Lipinski definition) is 2. The molecular formula is C16H19N3O4. The summed E-state index contributed by atoms with van der Waals surface area (Å²) in [7, 11) is 3.25. The van der Waals surface area contributed by atoms with E-state index in [1.165, 1.54) is 11.9 Å².